The minimum Gasteiger partial charge on any atom is -0.444 e. The van der Waals surface area contributed by atoms with Crippen molar-refractivity contribution in [1.29, 1.82) is 0 Å². The summed E-state index contributed by atoms with van der Waals surface area (Å²) in [6, 6.07) is 2.33. The Morgan fingerprint density at radius 2 is 2.09 bits per heavy atom. The van der Waals surface area contributed by atoms with Gasteiger partial charge in [0.1, 0.15) is 11.4 Å². The molecule has 0 bridgehead atoms. The van der Waals surface area contributed by atoms with Crippen LogP contribution in [0.25, 0.3) is 6.08 Å². The van der Waals surface area contributed by atoms with Crippen LogP contribution in [0, 0.1) is 22.9 Å². The minimum atomic E-state index is -0.566. The minimum absolute atomic E-state index is 0.127. The Morgan fingerprint density at radius 3 is 2.65 bits per heavy atom. The monoisotopic (exact) mass is 324 g/mol. The molecule has 0 atom stereocenters. The quantitative estimate of drug-likeness (QED) is 0.505. The molecule has 0 radical (unpaired) electrons. The second-order valence-electron chi connectivity index (χ2n) is 6.04. The number of aryl methyl sites for hydroxylation is 1. The van der Waals surface area contributed by atoms with Crippen molar-refractivity contribution in [2.45, 2.75) is 39.7 Å². The molecule has 1 rings (SSSR count). The number of halogens is 1. The van der Waals surface area contributed by atoms with Gasteiger partial charge < -0.3 is 10.1 Å². The maximum atomic E-state index is 13.8. The summed E-state index contributed by atoms with van der Waals surface area (Å²) in [6.07, 6.45) is 3.01. The third kappa shape index (κ3) is 6.46. The zero-order valence-electron chi connectivity index (χ0n) is 13.7. The van der Waals surface area contributed by atoms with Crippen molar-refractivity contribution in [3.63, 3.8) is 0 Å². The molecule has 126 valence electrons. The van der Waals surface area contributed by atoms with Gasteiger partial charge in [-0.25, -0.2) is 9.18 Å². The second-order valence-corrected chi connectivity index (χ2v) is 6.04. The number of nitro benzene ring substituents is 1. The Hall–Kier alpha value is -2.44. The van der Waals surface area contributed by atoms with Crippen LogP contribution in [0.15, 0.2) is 18.2 Å². The van der Waals surface area contributed by atoms with Crippen molar-refractivity contribution in [1.82, 2.24) is 5.32 Å². The Labute approximate surface area is 134 Å². The maximum Gasteiger partial charge on any atom is 0.407 e. The fourth-order valence-electron chi connectivity index (χ4n) is 1.78. The molecule has 0 aliphatic rings. The number of hydrogen-bond donors (Lipinski definition) is 1. The van der Waals surface area contributed by atoms with E-state index in [0.717, 1.165) is 6.07 Å². The summed E-state index contributed by atoms with van der Waals surface area (Å²) in [7, 11) is 0. The van der Waals surface area contributed by atoms with Crippen LogP contribution in [-0.2, 0) is 4.74 Å². The molecule has 7 heteroatoms. The first-order valence-corrected chi connectivity index (χ1v) is 7.18. The van der Waals surface area contributed by atoms with E-state index in [4.69, 9.17) is 4.74 Å². The number of nitrogens with one attached hydrogen (secondary N) is 1. The molecule has 1 aromatic carbocycles. The Balaban J connectivity index is 2.57. The molecule has 1 N–H and O–H groups in total. The number of carbonyl (C=O) groups is 1. The normalized spacial score (nSPS) is 11.5. The highest BCUT2D eigenvalue weighted by Crippen LogP contribution is 2.23. The molecule has 0 saturated carbocycles. The maximum absolute atomic E-state index is 13.8. The van der Waals surface area contributed by atoms with Crippen LogP contribution < -0.4 is 5.32 Å². The van der Waals surface area contributed by atoms with E-state index in [-0.39, 0.29) is 16.8 Å². The molecule has 1 aromatic rings. The number of hydrogen-bond acceptors (Lipinski definition) is 4. The largest absolute Gasteiger partial charge is 0.444 e. The number of ether oxygens (including phenoxy) is 1. The Bertz CT molecular complexity index is 621. The average molecular weight is 324 g/mol. The molecule has 0 spiro atoms. The molecule has 0 aliphatic carbocycles. The van der Waals surface area contributed by atoms with E-state index >= 15 is 0 Å². The molecule has 0 heterocycles. The van der Waals surface area contributed by atoms with Gasteiger partial charge in [-0.3, -0.25) is 10.1 Å². The standard InChI is InChI=1S/C16H21FN2O4/c1-11-9-13(17)12(10-14(11)19(21)22)7-5-6-8-18-15(20)23-16(2,3)4/h5,7,9-10H,6,8H2,1-4H3,(H,18,20). The van der Waals surface area contributed by atoms with Gasteiger partial charge in [-0.1, -0.05) is 12.2 Å². The van der Waals surface area contributed by atoms with Gasteiger partial charge in [-0.05, 0) is 40.2 Å². The third-order valence-electron chi connectivity index (χ3n) is 2.79. The van der Waals surface area contributed by atoms with Gasteiger partial charge in [0.2, 0.25) is 0 Å². The van der Waals surface area contributed by atoms with Crippen LogP contribution in [0.3, 0.4) is 0 Å². The highest BCUT2D eigenvalue weighted by molar-refractivity contribution is 5.67. The molecule has 0 unspecified atom stereocenters. The summed E-state index contributed by atoms with van der Waals surface area (Å²) in [5, 5.41) is 13.4. The van der Waals surface area contributed by atoms with Crippen LogP contribution in [0.1, 0.15) is 38.3 Å². The lowest BCUT2D eigenvalue weighted by Crippen LogP contribution is -2.32. The van der Waals surface area contributed by atoms with Gasteiger partial charge in [0.05, 0.1) is 4.92 Å². The van der Waals surface area contributed by atoms with Gasteiger partial charge in [0, 0.05) is 23.7 Å². The Morgan fingerprint density at radius 1 is 1.43 bits per heavy atom. The smallest absolute Gasteiger partial charge is 0.407 e. The SMILES string of the molecule is Cc1cc(F)c(C=CCCNC(=O)OC(C)(C)C)cc1[N+](=O)[O-]. The van der Waals surface area contributed by atoms with Crippen molar-refractivity contribution in [2.24, 2.45) is 0 Å². The van der Waals surface area contributed by atoms with Crippen molar-refractivity contribution in [2.75, 3.05) is 6.54 Å². The molecular formula is C16H21FN2O4. The fourth-order valence-corrected chi connectivity index (χ4v) is 1.78. The fraction of sp³-hybridized carbons (Fsp3) is 0.438. The van der Waals surface area contributed by atoms with Crippen molar-refractivity contribution in [3.05, 3.63) is 45.3 Å². The molecule has 0 aliphatic heterocycles. The van der Waals surface area contributed by atoms with Gasteiger partial charge in [0.15, 0.2) is 0 Å². The summed E-state index contributed by atoms with van der Waals surface area (Å²) in [5.74, 6) is -0.524. The van der Waals surface area contributed by atoms with E-state index < -0.39 is 22.4 Å². The number of carbonyl (C=O) groups excluding carboxylic acids is 1. The number of alkyl carbamates (subject to hydrolysis) is 1. The van der Waals surface area contributed by atoms with Gasteiger partial charge >= 0.3 is 6.09 Å². The van der Waals surface area contributed by atoms with E-state index in [9.17, 15) is 19.3 Å². The molecule has 1 amide bonds. The number of nitrogens with zero attached hydrogens (tertiary/aromatic N) is 1. The molecule has 0 aromatic heterocycles. The van der Waals surface area contributed by atoms with E-state index in [0.29, 0.717) is 13.0 Å². The number of nitro groups is 1. The lowest BCUT2D eigenvalue weighted by Gasteiger charge is -2.19. The second kappa shape index (κ2) is 7.71. The average Bonchev–Trinajstić information content (AvgIpc) is 2.38. The highest BCUT2D eigenvalue weighted by atomic mass is 19.1. The van der Waals surface area contributed by atoms with Gasteiger partial charge in [0.25, 0.3) is 5.69 Å². The first kappa shape index (κ1) is 18.6. The predicted molar refractivity (Wildman–Crippen MR) is 85.7 cm³/mol. The zero-order chi connectivity index (χ0) is 17.6. The van der Waals surface area contributed by atoms with E-state index in [1.165, 1.54) is 19.1 Å². The highest BCUT2D eigenvalue weighted by Gasteiger charge is 2.15. The van der Waals surface area contributed by atoms with Crippen molar-refractivity contribution in [3.8, 4) is 0 Å². The van der Waals surface area contributed by atoms with Crippen LogP contribution in [0.5, 0.6) is 0 Å². The first-order valence-electron chi connectivity index (χ1n) is 7.18. The summed E-state index contributed by atoms with van der Waals surface area (Å²) >= 11 is 0. The summed E-state index contributed by atoms with van der Waals surface area (Å²) in [4.78, 5) is 21.7. The summed E-state index contributed by atoms with van der Waals surface area (Å²) < 4.78 is 18.8. The number of benzene rings is 1. The molecule has 23 heavy (non-hydrogen) atoms. The van der Waals surface area contributed by atoms with Gasteiger partial charge in [-0.15, -0.1) is 0 Å². The van der Waals surface area contributed by atoms with E-state index in [1.54, 1.807) is 26.8 Å². The number of amides is 1. The van der Waals surface area contributed by atoms with Crippen LogP contribution >= 0.6 is 0 Å². The van der Waals surface area contributed by atoms with E-state index in [2.05, 4.69) is 5.32 Å². The third-order valence-corrected chi connectivity index (χ3v) is 2.79. The van der Waals surface area contributed by atoms with Crippen molar-refractivity contribution < 1.29 is 18.8 Å². The van der Waals surface area contributed by atoms with Crippen LogP contribution in [-0.4, -0.2) is 23.2 Å². The lowest BCUT2D eigenvalue weighted by molar-refractivity contribution is -0.385. The predicted octanol–water partition coefficient (Wildman–Crippen LogP) is 3.97. The van der Waals surface area contributed by atoms with Crippen molar-refractivity contribution >= 4 is 17.9 Å². The Kier molecular flexibility index (Phi) is 6.24. The van der Waals surface area contributed by atoms with Crippen LogP contribution in [0.4, 0.5) is 14.9 Å². The molecule has 0 saturated heterocycles. The topological polar surface area (TPSA) is 81.5 Å². The molecular weight excluding hydrogens is 303 g/mol. The number of rotatable bonds is 5. The molecule has 6 nitrogen and oxygen atoms in total. The zero-order valence-corrected chi connectivity index (χ0v) is 13.7. The van der Waals surface area contributed by atoms with Gasteiger partial charge in [-0.2, -0.15) is 0 Å². The molecule has 0 fully saturated rings. The summed E-state index contributed by atoms with van der Waals surface area (Å²) in [6.45, 7) is 7.10. The summed E-state index contributed by atoms with van der Waals surface area (Å²) in [5.41, 5.74) is -0.280. The van der Waals surface area contributed by atoms with Crippen LogP contribution in [0.2, 0.25) is 0 Å². The first-order chi connectivity index (χ1) is 10.6. The van der Waals surface area contributed by atoms with E-state index in [1.807, 2.05) is 0 Å². The lowest BCUT2D eigenvalue weighted by atomic mass is 10.1.